The first-order valence-electron chi connectivity index (χ1n) is 9.21. The molecule has 4 rings (SSSR count). The molecule has 1 saturated heterocycles. The van der Waals surface area contributed by atoms with Gasteiger partial charge in [0.05, 0.1) is 25.9 Å². The molecule has 2 N–H and O–H groups in total. The van der Waals surface area contributed by atoms with E-state index in [0.717, 1.165) is 28.2 Å². The van der Waals surface area contributed by atoms with Gasteiger partial charge >= 0.3 is 6.03 Å². The molecule has 2 aliphatic rings. The van der Waals surface area contributed by atoms with Crippen LogP contribution in [0.15, 0.2) is 35.7 Å². The van der Waals surface area contributed by atoms with E-state index in [1.165, 1.54) is 6.07 Å². The zero-order valence-corrected chi connectivity index (χ0v) is 16.0. The number of aliphatic hydroxyl groups excluding tert-OH is 1. The minimum atomic E-state index is -1.05. The van der Waals surface area contributed by atoms with Crippen molar-refractivity contribution in [3.05, 3.63) is 57.5 Å². The molecule has 1 spiro atoms. The number of aliphatic hydroxyl groups is 1. The number of rotatable bonds is 6. The number of ether oxygens (including phenoxy) is 1. The van der Waals surface area contributed by atoms with E-state index >= 15 is 0 Å². The van der Waals surface area contributed by atoms with Crippen molar-refractivity contribution in [2.45, 2.75) is 37.5 Å². The number of urea groups is 1. The van der Waals surface area contributed by atoms with E-state index in [2.05, 4.69) is 5.32 Å². The van der Waals surface area contributed by atoms with E-state index in [4.69, 9.17) is 4.74 Å². The van der Waals surface area contributed by atoms with Crippen molar-refractivity contribution in [2.24, 2.45) is 0 Å². The molecule has 2 aromatic rings. The Morgan fingerprint density at radius 2 is 2.14 bits per heavy atom. The lowest BCUT2D eigenvalue weighted by atomic mass is 9.80. The standard InChI is InChI=1S/C20H21FN2O4S/c21-16-5-2-1-4-13(16)11-27-12-14(24)10-23-18(25)20(22-19(23)26)8-3-6-17-15(20)7-9-28-17/h1-2,4-5,7,9,14,24H,3,6,8,10-12H2,(H,22,26)/t14-,20+/m1/s1. The maximum absolute atomic E-state index is 13.6. The molecule has 1 aromatic heterocycles. The number of thiophene rings is 1. The van der Waals surface area contributed by atoms with Crippen molar-refractivity contribution in [1.29, 1.82) is 0 Å². The van der Waals surface area contributed by atoms with Crippen LogP contribution < -0.4 is 5.32 Å². The molecule has 1 aliphatic carbocycles. The Morgan fingerprint density at radius 1 is 1.32 bits per heavy atom. The molecule has 6 nitrogen and oxygen atoms in total. The molecule has 1 aromatic carbocycles. The van der Waals surface area contributed by atoms with Gasteiger partial charge < -0.3 is 15.2 Å². The molecular formula is C20H21FN2O4S. The molecule has 3 amide bonds. The predicted octanol–water partition coefficient (Wildman–Crippen LogP) is 2.55. The number of hydrogen-bond acceptors (Lipinski definition) is 5. The smallest absolute Gasteiger partial charge is 0.325 e. The monoisotopic (exact) mass is 404 g/mol. The van der Waals surface area contributed by atoms with Gasteiger partial charge in [0, 0.05) is 16.0 Å². The number of carbonyl (C=O) groups is 2. The number of aryl methyl sites for hydroxylation is 1. The fourth-order valence-electron chi connectivity index (χ4n) is 3.89. The summed E-state index contributed by atoms with van der Waals surface area (Å²) in [5.74, 6) is -0.707. The lowest BCUT2D eigenvalue weighted by molar-refractivity contribution is -0.133. The van der Waals surface area contributed by atoms with Crippen LogP contribution in [-0.2, 0) is 28.1 Å². The van der Waals surface area contributed by atoms with Gasteiger partial charge in [0.15, 0.2) is 0 Å². The number of carbonyl (C=O) groups excluding carboxylic acids is 2. The van der Waals surface area contributed by atoms with Crippen LogP contribution >= 0.6 is 11.3 Å². The second-order valence-corrected chi connectivity index (χ2v) is 8.12. The Kier molecular flexibility index (Phi) is 5.18. The zero-order chi connectivity index (χ0) is 19.7. The average Bonchev–Trinajstić information content (AvgIpc) is 3.24. The Balaban J connectivity index is 1.38. The summed E-state index contributed by atoms with van der Waals surface area (Å²) in [7, 11) is 0. The molecule has 1 aliphatic heterocycles. The van der Waals surface area contributed by atoms with E-state index in [0.29, 0.717) is 12.0 Å². The van der Waals surface area contributed by atoms with E-state index < -0.39 is 17.7 Å². The third-order valence-electron chi connectivity index (χ3n) is 5.26. The summed E-state index contributed by atoms with van der Waals surface area (Å²) in [6, 6.07) is 7.63. The highest BCUT2D eigenvalue weighted by atomic mass is 32.1. The number of amides is 3. The minimum Gasteiger partial charge on any atom is -0.389 e. The van der Waals surface area contributed by atoms with Crippen LogP contribution in [0.4, 0.5) is 9.18 Å². The van der Waals surface area contributed by atoms with Crippen molar-refractivity contribution in [3.63, 3.8) is 0 Å². The highest BCUT2D eigenvalue weighted by Gasteiger charge is 2.54. The molecule has 148 valence electrons. The molecule has 8 heteroatoms. The highest BCUT2D eigenvalue weighted by molar-refractivity contribution is 7.10. The second kappa shape index (κ2) is 7.62. The van der Waals surface area contributed by atoms with Gasteiger partial charge in [-0.15, -0.1) is 11.3 Å². The SMILES string of the molecule is O=C1N[C@]2(CCCc3sccc32)C(=O)N1C[C@@H](O)COCc1ccccc1F. The topological polar surface area (TPSA) is 78.9 Å². The van der Waals surface area contributed by atoms with Crippen molar-refractivity contribution in [2.75, 3.05) is 13.2 Å². The summed E-state index contributed by atoms with van der Waals surface area (Å²) < 4.78 is 19.0. The van der Waals surface area contributed by atoms with E-state index in [1.807, 2.05) is 11.4 Å². The number of halogens is 1. The Labute approximate surface area is 165 Å². The molecule has 28 heavy (non-hydrogen) atoms. The first-order chi connectivity index (χ1) is 13.5. The quantitative estimate of drug-likeness (QED) is 0.726. The van der Waals surface area contributed by atoms with Gasteiger partial charge in [0.1, 0.15) is 11.4 Å². The molecule has 0 unspecified atom stereocenters. The lowest BCUT2D eigenvalue weighted by Gasteiger charge is -2.31. The van der Waals surface area contributed by atoms with Crippen molar-refractivity contribution < 1.29 is 23.8 Å². The number of imide groups is 1. The summed E-state index contributed by atoms with van der Waals surface area (Å²) in [6.45, 7) is -0.267. The third-order valence-corrected chi connectivity index (χ3v) is 6.24. The average molecular weight is 404 g/mol. The molecule has 1 fully saturated rings. The molecule has 0 bridgehead atoms. The predicted molar refractivity (Wildman–Crippen MR) is 101 cm³/mol. The second-order valence-electron chi connectivity index (χ2n) is 7.12. The lowest BCUT2D eigenvalue weighted by Crippen LogP contribution is -2.46. The number of hydrogen-bond donors (Lipinski definition) is 2. The Bertz CT molecular complexity index is 902. The maximum atomic E-state index is 13.6. The highest BCUT2D eigenvalue weighted by Crippen LogP contribution is 2.42. The van der Waals surface area contributed by atoms with E-state index in [1.54, 1.807) is 29.5 Å². The number of fused-ring (bicyclic) bond motifs is 2. The number of benzene rings is 1. The first-order valence-corrected chi connectivity index (χ1v) is 10.1. The van der Waals surface area contributed by atoms with Gasteiger partial charge in [-0.3, -0.25) is 9.69 Å². The summed E-state index contributed by atoms with van der Waals surface area (Å²) in [5.41, 5.74) is 0.240. The number of β-amino-alcohol motifs (C(OH)–C–C–N with tert-alkyl or cyclic N) is 1. The van der Waals surface area contributed by atoms with Crippen LogP contribution in [0.25, 0.3) is 0 Å². The fourth-order valence-corrected chi connectivity index (χ4v) is 4.89. The van der Waals surface area contributed by atoms with Gasteiger partial charge in [-0.1, -0.05) is 18.2 Å². The molecule has 2 atom stereocenters. The van der Waals surface area contributed by atoms with Crippen molar-refractivity contribution in [3.8, 4) is 0 Å². The van der Waals surface area contributed by atoms with Gasteiger partial charge in [-0.05, 0) is 36.8 Å². The third kappa shape index (κ3) is 3.32. The van der Waals surface area contributed by atoms with Gasteiger partial charge in [-0.2, -0.15) is 0 Å². The molecule has 0 saturated carbocycles. The summed E-state index contributed by atoms with van der Waals surface area (Å²) in [4.78, 5) is 27.7. The molecular weight excluding hydrogens is 383 g/mol. The van der Waals surface area contributed by atoms with Crippen LogP contribution in [-0.4, -0.2) is 41.2 Å². The number of nitrogens with zero attached hydrogens (tertiary/aromatic N) is 1. The van der Waals surface area contributed by atoms with Crippen molar-refractivity contribution >= 4 is 23.3 Å². The van der Waals surface area contributed by atoms with Gasteiger partial charge in [-0.25, -0.2) is 9.18 Å². The van der Waals surface area contributed by atoms with Gasteiger partial charge in [0.25, 0.3) is 5.91 Å². The first kappa shape index (κ1) is 19.0. The Hall–Kier alpha value is -2.29. The van der Waals surface area contributed by atoms with Crippen LogP contribution in [0.2, 0.25) is 0 Å². The minimum absolute atomic E-state index is 0.00603. The van der Waals surface area contributed by atoms with Crippen molar-refractivity contribution in [1.82, 2.24) is 10.2 Å². The van der Waals surface area contributed by atoms with Crippen LogP contribution in [0.5, 0.6) is 0 Å². The van der Waals surface area contributed by atoms with Crippen LogP contribution in [0.1, 0.15) is 28.8 Å². The van der Waals surface area contributed by atoms with Crippen LogP contribution in [0, 0.1) is 5.82 Å². The zero-order valence-electron chi connectivity index (χ0n) is 15.2. The van der Waals surface area contributed by atoms with E-state index in [-0.39, 0.29) is 31.5 Å². The maximum Gasteiger partial charge on any atom is 0.325 e. The molecule has 0 radical (unpaired) electrons. The fraction of sp³-hybridized carbons (Fsp3) is 0.400. The van der Waals surface area contributed by atoms with Gasteiger partial charge in [0.2, 0.25) is 0 Å². The summed E-state index contributed by atoms with van der Waals surface area (Å²) in [6.07, 6.45) is 1.23. The summed E-state index contributed by atoms with van der Waals surface area (Å²) >= 11 is 1.59. The summed E-state index contributed by atoms with van der Waals surface area (Å²) in [5, 5.41) is 15.0. The normalized spacial score (nSPS) is 22.4. The largest absolute Gasteiger partial charge is 0.389 e. The Morgan fingerprint density at radius 3 is 2.96 bits per heavy atom. The molecule has 2 heterocycles. The number of nitrogens with one attached hydrogen (secondary N) is 1. The van der Waals surface area contributed by atoms with E-state index in [9.17, 15) is 19.1 Å². The van der Waals surface area contributed by atoms with Crippen LogP contribution in [0.3, 0.4) is 0 Å².